The smallest absolute Gasteiger partial charge is 0.310 e. The summed E-state index contributed by atoms with van der Waals surface area (Å²) in [5, 5.41) is 20.6. The van der Waals surface area contributed by atoms with Gasteiger partial charge < -0.3 is 9.15 Å². The first-order chi connectivity index (χ1) is 15.1. The second kappa shape index (κ2) is 9.48. The molecule has 0 aliphatic carbocycles. The highest BCUT2D eigenvalue weighted by Gasteiger charge is 2.18. The number of aromatic nitrogens is 3. The van der Waals surface area contributed by atoms with Gasteiger partial charge in [-0.1, -0.05) is 54.2 Å². The Morgan fingerprint density at radius 2 is 1.87 bits per heavy atom. The zero-order valence-corrected chi connectivity index (χ0v) is 17.6. The summed E-state index contributed by atoms with van der Waals surface area (Å²) in [6.45, 7) is 2.80. The Labute approximate surface area is 183 Å². The van der Waals surface area contributed by atoms with E-state index in [0.29, 0.717) is 18.9 Å². The van der Waals surface area contributed by atoms with Gasteiger partial charge in [0, 0.05) is 11.8 Å². The van der Waals surface area contributed by atoms with Crippen molar-refractivity contribution in [2.24, 2.45) is 0 Å². The molecule has 2 heterocycles. The lowest BCUT2D eigenvalue weighted by Crippen LogP contribution is -2.06. The standard InChI is InChI=1S/C22H20N4O4S/c1-16-18(11-12-29-16)21-23-24-22(25(21)15-17-7-3-2-4-8-17)31-14-13-30-20-10-6-5-9-19(20)26(27)28/h2-12H,13-15H2,1H3. The fourth-order valence-electron chi connectivity index (χ4n) is 3.13. The van der Waals surface area contributed by atoms with Crippen LogP contribution in [-0.2, 0) is 6.54 Å². The van der Waals surface area contributed by atoms with Gasteiger partial charge in [-0.3, -0.25) is 14.7 Å². The second-order valence-corrected chi connectivity index (χ2v) is 7.75. The van der Waals surface area contributed by atoms with Crippen molar-refractivity contribution in [2.45, 2.75) is 18.6 Å². The number of nitrogens with zero attached hydrogens (tertiary/aromatic N) is 4. The number of thioether (sulfide) groups is 1. The minimum atomic E-state index is -0.446. The first-order valence-corrected chi connectivity index (χ1v) is 10.6. The highest BCUT2D eigenvalue weighted by atomic mass is 32.2. The van der Waals surface area contributed by atoms with Crippen molar-refractivity contribution in [1.29, 1.82) is 0 Å². The van der Waals surface area contributed by atoms with Crippen molar-refractivity contribution in [3.8, 4) is 17.1 Å². The molecule has 0 atom stereocenters. The van der Waals surface area contributed by atoms with Crippen LogP contribution >= 0.6 is 11.8 Å². The predicted molar refractivity (Wildman–Crippen MR) is 117 cm³/mol. The molecule has 4 rings (SSSR count). The van der Waals surface area contributed by atoms with E-state index in [2.05, 4.69) is 22.3 Å². The molecule has 9 heteroatoms. The average Bonchev–Trinajstić information content (AvgIpc) is 3.37. The van der Waals surface area contributed by atoms with Crippen molar-refractivity contribution in [3.63, 3.8) is 0 Å². The quantitative estimate of drug-likeness (QED) is 0.158. The number of hydrogen-bond donors (Lipinski definition) is 0. The largest absolute Gasteiger partial charge is 0.486 e. The zero-order chi connectivity index (χ0) is 21.6. The van der Waals surface area contributed by atoms with Crippen molar-refractivity contribution >= 4 is 17.4 Å². The Morgan fingerprint density at radius 3 is 2.61 bits per heavy atom. The summed E-state index contributed by atoms with van der Waals surface area (Å²) >= 11 is 1.49. The van der Waals surface area contributed by atoms with Gasteiger partial charge in [0.15, 0.2) is 16.7 Å². The number of ether oxygens (including phenoxy) is 1. The van der Waals surface area contributed by atoms with Gasteiger partial charge >= 0.3 is 5.69 Å². The third-order valence-corrected chi connectivity index (χ3v) is 5.57. The molecule has 4 aromatic rings. The summed E-state index contributed by atoms with van der Waals surface area (Å²) in [4.78, 5) is 10.7. The molecule has 0 amide bonds. The van der Waals surface area contributed by atoms with E-state index >= 15 is 0 Å². The maximum atomic E-state index is 11.1. The lowest BCUT2D eigenvalue weighted by atomic mass is 10.2. The van der Waals surface area contributed by atoms with Crippen molar-refractivity contribution < 1.29 is 14.1 Å². The number of para-hydroxylation sites is 2. The van der Waals surface area contributed by atoms with Crippen LogP contribution in [0.15, 0.2) is 76.5 Å². The summed E-state index contributed by atoms with van der Waals surface area (Å²) in [5.41, 5.74) is 1.98. The number of benzene rings is 2. The topological polar surface area (TPSA) is 96.2 Å². The molecule has 0 N–H and O–H groups in total. The Kier molecular flexibility index (Phi) is 6.32. The Hall–Kier alpha value is -3.59. The van der Waals surface area contributed by atoms with E-state index in [1.54, 1.807) is 24.5 Å². The highest BCUT2D eigenvalue weighted by Crippen LogP contribution is 2.29. The molecular weight excluding hydrogens is 416 g/mol. The molecule has 2 aromatic carbocycles. The van der Waals surface area contributed by atoms with Crippen LogP contribution in [0.5, 0.6) is 5.75 Å². The van der Waals surface area contributed by atoms with Gasteiger partial charge in [0.05, 0.1) is 29.9 Å². The van der Waals surface area contributed by atoms with E-state index in [1.807, 2.05) is 35.8 Å². The summed E-state index contributed by atoms with van der Waals surface area (Å²) < 4.78 is 13.1. The van der Waals surface area contributed by atoms with Crippen LogP contribution in [0, 0.1) is 17.0 Å². The molecule has 2 aromatic heterocycles. The Morgan fingerprint density at radius 1 is 1.10 bits per heavy atom. The van der Waals surface area contributed by atoms with Crippen LogP contribution in [0.4, 0.5) is 5.69 Å². The third kappa shape index (κ3) is 4.77. The maximum Gasteiger partial charge on any atom is 0.310 e. The molecule has 0 unspecified atom stereocenters. The van der Waals surface area contributed by atoms with Gasteiger partial charge in [-0.25, -0.2) is 0 Å². The van der Waals surface area contributed by atoms with Crippen LogP contribution < -0.4 is 4.74 Å². The van der Waals surface area contributed by atoms with E-state index in [9.17, 15) is 10.1 Å². The zero-order valence-electron chi connectivity index (χ0n) is 16.8. The van der Waals surface area contributed by atoms with E-state index in [-0.39, 0.29) is 11.4 Å². The van der Waals surface area contributed by atoms with Gasteiger partial charge in [-0.05, 0) is 24.6 Å². The molecule has 0 bridgehead atoms. The van der Waals surface area contributed by atoms with Crippen LogP contribution in [0.2, 0.25) is 0 Å². The van der Waals surface area contributed by atoms with Crippen LogP contribution in [0.3, 0.4) is 0 Å². The van der Waals surface area contributed by atoms with Crippen molar-refractivity contribution in [2.75, 3.05) is 12.4 Å². The number of aryl methyl sites for hydroxylation is 1. The minimum absolute atomic E-state index is 0.0440. The van der Waals surface area contributed by atoms with Crippen LogP contribution in [-0.4, -0.2) is 32.0 Å². The van der Waals surface area contributed by atoms with E-state index in [4.69, 9.17) is 9.15 Å². The lowest BCUT2D eigenvalue weighted by molar-refractivity contribution is -0.385. The van der Waals surface area contributed by atoms with Crippen molar-refractivity contribution in [3.05, 3.63) is 88.4 Å². The van der Waals surface area contributed by atoms with Gasteiger partial charge in [0.2, 0.25) is 0 Å². The molecule has 8 nitrogen and oxygen atoms in total. The fourth-order valence-corrected chi connectivity index (χ4v) is 3.89. The molecule has 0 spiro atoms. The number of rotatable bonds is 9. The monoisotopic (exact) mass is 436 g/mol. The van der Waals surface area contributed by atoms with E-state index < -0.39 is 4.92 Å². The van der Waals surface area contributed by atoms with E-state index in [1.165, 1.54) is 17.8 Å². The fraction of sp³-hybridized carbons (Fsp3) is 0.182. The molecule has 0 saturated carbocycles. The minimum Gasteiger partial charge on any atom is -0.486 e. The van der Waals surface area contributed by atoms with Crippen LogP contribution in [0.1, 0.15) is 11.3 Å². The summed E-state index contributed by atoms with van der Waals surface area (Å²) in [5.74, 6) is 2.33. The molecule has 0 fully saturated rings. The van der Waals surface area contributed by atoms with Gasteiger partial charge in [0.1, 0.15) is 5.76 Å². The Bertz CT molecular complexity index is 1170. The number of hydrogen-bond acceptors (Lipinski definition) is 7. The van der Waals surface area contributed by atoms with E-state index in [0.717, 1.165) is 27.9 Å². The third-order valence-electron chi connectivity index (χ3n) is 4.63. The normalized spacial score (nSPS) is 10.9. The SMILES string of the molecule is Cc1occc1-c1nnc(SCCOc2ccccc2[N+](=O)[O-])n1Cc1ccccc1. The first kappa shape index (κ1) is 20.7. The molecule has 0 aliphatic heterocycles. The molecule has 0 radical (unpaired) electrons. The molecule has 158 valence electrons. The van der Waals surface area contributed by atoms with Gasteiger partial charge in [-0.15, -0.1) is 10.2 Å². The summed E-state index contributed by atoms with van der Waals surface area (Å²) in [6, 6.07) is 18.3. The van der Waals surface area contributed by atoms with Crippen LogP contribution in [0.25, 0.3) is 11.4 Å². The highest BCUT2D eigenvalue weighted by molar-refractivity contribution is 7.99. The first-order valence-electron chi connectivity index (χ1n) is 9.64. The number of nitro groups is 1. The Balaban J connectivity index is 1.50. The van der Waals surface area contributed by atoms with Gasteiger partial charge in [-0.2, -0.15) is 0 Å². The lowest BCUT2D eigenvalue weighted by Gasteiger charge is -2.10. The molecular formula is C22H20N4O4S. The molecule has 0 aliphatic rings. The summed E-state index contributed by atoms with van der Waals surface area (Å²) in [6.07, 6.45) is 1.64. The number of nitro benzene ring substituents is 1. The summed E-state index contributed by atoms with van der Waals surface area (Å²) in [7, 11) is 0. The van der Waals surface area contributed by atoms with Gasteiger partial charge in [0.25, 0.3) is 0 Å². The number of furan rings is 1. The maximum absolute atomic E-state index is 11.1. The van der Waals surface area contributed by atoms with Crippen molar-refractivity contribution in [1.82, 2.24) is 14.8 Å². The average molecular weight is 436 g/mol. The molecule has 31 heavy (non-hydrogen) atoms. The second-order valence-electron chi connectivity index (χ2n) is 6.69. The molecule has 0 saturated heterocycles. The predicted octanol–water partition coefficient (Wildman–Crippen LogP) is 4.97.